The highest BCUT2D eigenvalue weighted by atomic mass is 16.7. The van der Waals surface area contributed by atoms with Gasteiger partial charge in [-0.1, -0.05) is 24.0 Å². The second-order valence-electron chi connectivity index (χ2n) is 6.79. The number of rotatable bonds is 6. The number of aliphatic hydroxyl groups is 2. The Morgan fingerprint density at radius 3 is 2.44 bits per heavy atom. The monoisotopic (exact) mass is 348 g/mol. The van der Waals surface area contributed by atoms with Crippen LogP contribution < -0.4 is 4.74 Å². The standard InChI is InChI=1S/C20H28O5/c1-14-19(25-20(2,3)24-14)13-10-16(21)6-5-7-18(22)15-8-11-17(23-4)12-9-15/h8-9,11-12,14,16,18-19,21-22H,7,10,13H2,1-4H3/t14?,16?,18?,19-/m0/s1. The van der Waals surface area contributed by atoms with Crippen molar-refractivity contribution in [3.8, 4) is 17.6 Å². The van der Waals surface area contributed by atoms with Gasteiger partial charge in [0.25, 0.3) is 0 Å². The lowest BCUT2D eigenvalue weighted by Crippen LogP contribution is -2.22. The Kier molecular flexibility index (Phi) is 6.86. The predicted octanol–water partition coefficient (Wildman–Crippen LogP) is 2.80. The zero-order valence-electron chi connectivity index (χ0n) is 15.4. The minimum Gasteiger partial charge on any atom is -0.497 e. The van der Waals surface area contributed by atoms with Crippen LogP contribution in [0.15, 0.2) is 24.3 Å². The van der Waals surface area contributed by atoms with Crippen molar-refractivity contribution in [2.24, 2.45) is 0 Å². The first-order valence-electron chi connectivity index (χ1n) is 8.65. The first-order chi connectivity index (χ1) is 11.8. The van der Waals surface area contributed by atoms with Gasteiger partial charge in [0.2, 0.25) is 0 Å². The molecule has 0 amide bonds. The molecule has 0 radical (unpaired) electrons. The van der Waals surface area contributed by atoms with Gasteiger partial charge in [0.05, 0.1) is 25.4 Å². The van der Waals surface area contributed by atoms with Gasteiger partial charge in [0, 0.05) is 6.42 Å². The maximum absolute atomic E-state index is 10.1. The largest absolute Gasteiger partial charge is 0.497 e. The summed E-state index contributed by atoms with van der Waals surface area (Å²) in [6, 6.07) is 7.21. The summed E-state index contributed by atoms with van der Waals surface area (Å²) >= 11 is 0. The Morgan fingerprint density at radius 2 is 1.88 bits per heavy atom. The quantitative estimate of drug-likeness (QED) is 0.774. The van der Waals surface area contributed by atoms with Crippen LogP contribution in [-0.4, -0.2) is 41.4 Å². The van der Waals surface area contributed by atoms with Gasteiger partial charge in [0.1, 0.15) is 11.9 Å². The van der Waals surface area contributed by atoms with Crippen molar-refractivity contribution in [1.82, 2.24) is 0 Å². The van der Waals surface area contributed by atoms with E-state index in [2.05, 4.69) is 11.8 Å². The Labute approximate surface area is 149 Å². The summed E-state index contributed by atoms with van der Waals surface area (Å²) < 4.78 is 16.6. The van der Waals surface area contributed by atoms with Crippen molar-refractivity contribution >= 4 is 0 Å². The molecule has 3 unspecified atom stereocenters. The van der Waals surface area contributed by atoms with Crippen LogP contribution in [-0.2, 0) is 9.47 Å². The topological polar surface area (TPSA) is 68.2 Å². The van der Waals surface area contributed by atoms with Crippen LogP contribution in [0.3, 0.4) is 0 Å². The number of benzene rings is 1. The molecule has 138 valence electrons. The summed E-state index contributed by atoms with van der Waals surface area (Å²) in [7, 11) is 1.60. The smallest absolute Gasteiger partial charge is 0.163 e. The SMILES string of the molecule is COc1ccc(C(O)CC#CC(O)CC[C@@H]2OC(C)(C)OC2C)cc1. The third-order valence-electron chi connectivity index (χ3n) is 4.22. The number of ether oxygens (including phenoxy) is 3. The molecule has 5 heteroatoms. The number of methoxy groups -OCH3 is 1. The van der Waals surface area contributed by atoms with Crippen LogP contribution in [0, 0.1) is 11.8 Å². The molecule has 5 nitrogen and oxygen atoms in total. The lowest BCUT2D eigenvalue weighted by molar-refractivity contribution is -0.145. The molecule has 1 saturated heterocycles. The lowest BCUT2D eigenvalue weighted by Gasteiger charge is -2.17. The van der Waals surface area contributed by atoms with Gasteiger partial charge in [0.15, 0.2) is 5.79 Å². The first-order valence-corrected chi connectivity index (χ1v) is 8.65. The van der Waals surface area contributed by atoms with E-state index in [4.69, 9.17) is 14.2 Å². The molecule has 1 aliphatic rings. The summed E-state index contributed by atoms with van der Waals surface area (Å²) in [5.74, 6) is 5.83. The summed E-state index contributed by atoms with van der Waals surface area (Å²) in [4.78, 5) is 0. The molecular weight excluding hydrogens is 320 g/mol. The second kappa shape index (κ2) is 8.68. The highest BCUT2D eigenvalue weighted by Crippen LogP contribution is 2.30. The molecule has 1 fully saturated rings. The molecule has 2 N–H and O–H groups in total. The third-order valence-corrected chi connectivity index (χ3v) is 4.22. The van der Waals surface area contributed by atoms with Crippen molar-refractivity contribution in [1.29, 1.82) is 0 Å². The average Bonchev–Trinajstić information content (AvgIpc) is 2.84. The van der Waals surface area contributed by atoms with E-state index in [1.165, 1.54) is 0 Å². The van der Waals surface area contributed by atoms with Crippen LogP contribution in [0.5, 0.6) is 5.75 Å². The van der Waals surface area contributed by atoms with E-state index in [9.17, 15) is 10.2 Å². The normalized spacial score (nSPS) is 24.2. The Bertz CT molecular complexity index is 599. The molecule has 0 bridgehead atoms. The highest BCUT2D eigenvalue weighted by molar-refractivity contribution is 5.29. The lowest BCUT2D eigenvalue weighted by atomic mass is 10.1. The molecular formula is C20H28O5. The molecule has 1 aromatic rings. The molecule has 1 heterocycles. The highest BCUT2D eigenvalue weighted by Gasteiger charge is 2.38. The Morgan fingerprint density at radius 1 is 1.20 bits per heavy atom. The van der Waals surface area contributed by atoms with Crippen LogP contribution in [0.4, 0.5) is 0 Å². The van der Waals surface area contributed by atoms with Crippen molar-refractivity contribution in [2.45, 2.75) is 70.2 Å². The summed E-state index contributed by atoms with van der Waals surface area (Å²) in [5.41, 5.74) is 0.775. The van der Waals surface area contributed by atoms with E-state index in [1.54, 1.807) is 19.2 Å². The summed E-state index contributed by atoms with van der Waals surface area (Å²) in [5, 5.41) is 20.1. The van der Waals surface area contributed by atoms with Crippen molar-refractivity contribution in [3.05, 3.63) is 29.8 Å². The number of hydrogen-bond acceptors (Lipinski definition) is 5. The van der Waals surface area contributed by atoms with E-state index >= 15 is 0 Å². The van der Waals surface area contributed by atoms with Gasteiger partial charge in [-0.2, -0.15) is 0 Å². The maximum atomic E-state index is 10.1. The second-order valence-corrected chi connectivity index (χ2v) is 6.79. The van der Waals surface area contributed by atoms with E-state index in [0.717, 1.165) is 11.3 Å². The van der Waals surface area contributed by atoms with Crippen LogP contribution in [0.25, 0.3) is 0 Å². The van der Waals surface area contributed by atoms with Gasteiger partial charge in [-0.15, -0.1) is 0 Å². The molecule has 0 saturated carbocycles. The molecule has 2 rings (SSSR count). The van der Waals surface area contributed by atoms with Gasteiger partial charge < -0.3 is 24.4 Å². The van der Waals surface area contributed by atoms with E-state index in [1.807, 2.05) is 32.9 Å². The molecule has 0 spiro atoms. The number of hydrogen-bond donors (Lipinski definition) is 2. The predicted molar refractivity (Wildman–Crippen MR) is 95.1 cm³/mol. The fourth-order valence-corrected chi connectivity index (χ4v) is 2.92. The molecule has 4 atom stereocenters. The summed E-state index contributed by atoms with van der Waals surface area (Å²) in [6.07, 6.45) is 0.0289. The van der Waals surface area contributed by atoms with Gasteiger partial charge >= 0.3 is 0 Å². The molecule has 25 heavy (non-hydrogen) atoms. The van der Waals surface area contributed by atoms with Crippen molar-refractivity contribution in [3.63, 3.8) is 0 Å². The molecule has 1 aliphatic heterocycles. The van der Waals surface area contributed by atoms with Crippen molar-refractivity contribution in [2.75, 3.05) is 7.11 Å². The van der Waals surface area contributed by atoms with Gasteiger partial charge in [-0.25, -0.2) is 0 Å². The molecule has 1 aromatic carbocycles. The fourth-order valence-electron chi connectivity index (χ4n) is 2.92. The van der Waals surface area contributed by atoms with E-state index < -0.39 is 18.0 Å². The Hall–Kier alpha value is -1.58. The van der Waals surface area contributed by atoms with E-state index in [-0.39, 0.29) is 18.6 Å². The van der Waals surface area contributed by atoms with Crippen LogP contribution in [0.1, 0.15) is 51.7 Å². The zero-order valence-corrected chi connectivity index (χ0v) is 15.4. The van der Waals surface area contributed by atoms with Crippen LogP contribution >= 0.6 is 0 Å². The number of aliphatic hydroxyl groups excluding tert-OH is 2. The molecule has 0 aromatic heterocycles. The average molecular weight is 348 g/mol. The maximum Gasteiger partial charge on any atom is 0.163 e. The van der Waals surface area contributed by atoms with Gasteiger partial charge in [-0.3, -0.25) is 0 Å². The van der Waals surface area contributed by atoms with Gasteiger partial charge in [-0.05, 0) is 51.3 Å². The first kappa shape index (κ1) is 19.7. The third kappa shape index (κ3) is 6.02. The minimum atomic E-state index is -0.734. The van der Waals surface area contributed by atoms with E-state index in [0.29, 0.717) is 12.8 Å². The molecule has 0 aliphatic carbocycles. The fraction of sp³-hybridized carbons (Fsp3) is 0.600. The van der Waals surface area contributed by atoms with Crippen LogP contribution in [0.2, 0.25) is 0 Å². The zero-order chi connectivity index (χ0) is 18.4. The Balaban J connectivity index is 1.76. The minimum absolute atomic E-state index is 0.00653. The van der Waals surface area contributed by atoms with Crippen molar-refractivity contribution < 1.29 is 24.4 Å². The summed E-state index contributed by atoms with van der Waals surface area (Å²) in [6.45, 7) is 5.75.